The molecule has 2 aromatic carbocycles. The van der Waals surface area contributed by atoms with E-state index in [4.69, 9.17) is 0 Å². The molecule has 3 aromatic rings. The molecule has 0 saturated heterocycles. The van der Waals surface area contributed by atoms with E-state index in [2.05, 4.69) is 10.3 Å². The number of aromatic nitrogens is 1. The molecule has 2 N–H and O–H groups in total. The largest absolute Gasteiger partial charge is 0.416 e. The number of para-hydroxylation sites is 1. The molecule has 1 heterocycles. The molecule has 1 amide bonds. The van der Waals surface area contributed by atoms with Crippen molar-refractivity contribution >= 4 is 16.8 Å². The van der Waals surface area contributed by atoms with Gasteiger partial charge in [-0.1, -0.05) is 50.2 Å². The topological polar surface area (TPSA) is 44.9 Å². The molecule has 3 nitrogen and oxygen atoms in total. The van der Waals surface area contributed by atoms with E-state index in [1.54, 1.807) is 12.3 Å². The Morgan fingerprint density at radius 1 is 1.07 bits per heavy atom. The maximum absolute atomic E-state index is 13.7. The van der Waals surface area contributed by atoms with Gasteiger partial charge in [0.15, 0.2) is 0 Å². The summed E-state index contributed by atoms with van der Waals surface area (Å²) < 4.78 is 41.1. The first kappa shape index (κ1) is 21.0. The highest BCUT2D eigenvalue weighted by atomic mass is 19.4. The smallest absolute Gasteiger partial charge is 0.361 e. The SMILES string of the molecule is CCCNC(=O)C[C@@H](c1ccccc1C(F)(F)F)c1c[nH]c2c(CC)cccc12. The van der Waals surface area contributed by atoms with Crippen molar-refractivity contribution in [1.82, 2.24) is 10.3 Å². The van der Waals surface area contributed by atoms with Crippen molar-refractivity contribution in [3.63, 3.8) is 0 Å². The first-order valence-corrected chi connectivity index (χ1v) is 9.88. The van der Waals surface area contributed by atoms with Crippen molar-refractivity contribution in [2.75, 3.05) is 6.54 Å². The molecule has 3 rings (SSSR count). The summed E-state index contributed by atoms with van der Waals surface area (Å²) in [6.07, 6.45) is -1.22. The number of carbonyl (C=O) groups excluding carboxylic acids is 1. The molecule has 6 heteroatoms. The Labute approximate surface area is 168 Å². The first-order valence-electron chi connectivity index (χ1n) is 9.88. The standard InChI is InChI=1S/C23H25F3N2O/c1-3-12-27-21(29)13-18(16-9-5-6-11-20(16)23(24,25)26)19-14-28-22-15(4-2)8-7-10-17(19)22/h5-11,14,18,28H,3-4,12-13H2,1-2H3,(H,27,29)/t18-/m0/s1. The highest BCUT2D eigenvalue weighted by molar-refractivity contribution is 5.88. The van der Waals surface area contributed by atoms with Crippen LogP contribution in [0.25, 0.3) is 10.9 Å². The van der Waals surface area contributed by atoms with E-state index in [0.717, 1.165) is 35.4 Å². The molecule has 0 aliphatic heterocycles. The van der Waals surface area contributed by atoms with Crippen molar-refractivity contribution in [3.05, 3.63) is 70.9 Å². The summed E-state index contributed by atoms with van der Waals surface area (Å²) in [4.78, 5) is 15.7. The Kier molecular flexibility index (Phi) is 6.30. The Bertz CT molecular complexity index is 991. The minimum Gasteiger partial charge on any atom is -0.361 e. The van der Waals surface area contributed by atoms with Gasteiger partial charge in [-0.05, 0) is 35.6 Å². The van der Waals surface area contributed by atoms with E-state index in [1.165, 1.54) is 12.1 Å². The Hall–Kier alpha value is -2.76. The van der Waals surface area contributed by atoms with Crippen LogP contribution in [0.2, 0.25) is 0 Å². The lowest BCUT2D eigenvalue weighted by atomic mass is 9.84. The molecule has 0 fully saturated rings. The fourth-order valence-electron chi connectivity index (χ4n) is 3.79. The number of nitrogens with one attached hydrogen (secondary N) is 2. The summed E-state index contributed by atoms with van der Waals surface area (Å²) in [6.45, 7) is 4.47. The first-order chi connectivity index (χ1) is 13.9. The van der Waals surface area contributed by atoms with Crippen LogP contribution in [0.15, 0.2) is 48.7 Å². The van der Waals surface area contributed by atoms with Crippen molar-refractivity contribution < 1.29 is 18.0 Å². The van der Waals surface area contributed by atoms with Crippen LogP contribution in [0.4, 0.5) is 13.2 Å². The number of carbonyl (C=O) groups is 1. The van der Waals surface area contributed by atoms with Crippen molar-refractivity contribution in [2.24, 2.45) is 0 Å². The zero-order valence-electron chi connectivity index (χ0n) is 16.6. The zero-order chi connectivity index (χ0) is 21.0. The fraction of sp³-hybridized carbons (Fsp3) is 0.348. The van der Waals surface area contributed by atoms with Crippen LogP contribution in [-0.4, -0.2) is 17.4 Å². The van der Waals surface area contributed by atoms with Gasteiger partial charge in [0.1, 0.15) is 0 Å². The molecular weight excluding hydrogens is 377 g/mol. The monoisotopic (exact) mass is 402 g/mol. The quantitative estimate of drug-likeness (QED) is 0.516. The summed E-state index contributed by atoms with van der Waals surface area (Å²) in [5.74, 6) is -0.958. The predicted molar refractivity (Wildman–Crippen MR) is 109 cm³/mol. The Morgan fingerprint density at radius 3 is 2.52 bits per heavy atom. The number of hydrogen-bond acceptors (Lipinski definition) is 1. The van der Waals surface area contributed by atoms with Crippen LogP contribution >= 0.6 is 0 Å². The minimum atomic E-state index is -4.49. The molecule has 0 saturated carbocycles. The lowest BCUT2D eigenvalue weighted by Crippen LogP contribution is -2.26. The second-order valence-electron chi connectivity index (χ2n) is 7.13. The van der Waals surface area contributed by atoms with Gasteiger partial charge in [-0.25, -0.2) is 0 Å². The van der Waals surface area contributed by atoms with Crippen molar-refractivity contribution in [1.29, 1.82) is 0 Å². The number of aryl methyl sites for hydroxylation is 1. The predicted octanol–water partition coefficient (Wildman–Crippen LogP) is 5.80. The van der Waals surface area contributed by atoms with Gasteiger partial charge < -0.3 is 10.3 Å². The van der Waals surface area contributed by atoms with E-state index < -0.39 is 17.7 Å². The molecular formula is C23H25F3N2O. The van der Waals surface area contributed by atoms with Gasteiger partial charge in [0.05, 0.1) is 5.56 Å². The number of hydrogen-bond donors (Lipinski definition) is 2. The molecule has 154 valence electrons. The number of amides is 1. The number of alkyl halides is 3. The van der Waals surface area contributed by atoms with E-state index in [-0.39, 0.29) is 17.9 Å². The zero-order valence-corrected chi connectivity index (χ0v) is 16.6. The number of halogens is 3. The summed E-state index contributed by atoms with van der Waals surface area (Å²) in [7, 11) is 0. The maximum Gasteiger partial charge on any atom is 0.416 e. The molecule has 0 unspecified atom stereocenters. The molecule has 0 spiro atoms. The Morgan fingerprint density at radius 2 is 1.83 bits per heavy atom. The molecule has 1 atom stereocenters. The third kappa shape index (κ3) is 4.47. The lowest BCUT2D eigenvalue weighted by Gasteiger charge is -2.21. The molecule has 1 aromatic heterocycles. The number of aromatic amines is 1. The van der Waals surface area contributed by atoms with Crippen molar-refractivity contribution in [3.8, 4) is 0 Å². The van der Waals surface area contributed by atoms with E-state index in [0.29, 0.717) is 12.1 Å². The molecule has 0 aliphatic rings. The van der Waals surface area contributed by atoms with E-state index >= 15 is 0 Å². The highest BCUT2D eigenvalue weighted by Crippen LogP contribution is 2.41. The van der Waals surface area contributed by atoms with Crippen LogP contribution < -0.4 is 5.32 Å². The Balaban J connectivity index is 2.15. The number of fused-ring (bicyclic) bond motifs is 1. The van der Waals surface area contributed by atoms with Gasteiger partial charge in [0, 0.05) is 36.0 Å². The second kappa shape index (κ2) is 8.72. The third-order valence-corrected chi connectivity index (χ3v) is 5.19. The molecule has 0 bridgehead atoms. The normalized spacial score (nSPS) is 12.9. The average Bonchev–Trinajstić information content (AvgIpc) is 3.14. The third-order valence-electron chi connectivity index (χ3n) is 5.19. The van der Waals surface area contributed by atoms with Gasteiger partial charge in [-0.3, -0.25) is 4.79 Å². The molecule has 0 radical (unpaired) electrons. The van der Waals surface area contributed by atoms with E-state index in [1.807, 2.05) is 32.0 Å². The molecule has 0 aliphatic carbocycles. The van der Waals surface area contributed by atoms with Crippen LogP contribution in [0.5, 0.6) is 0 Å². The van der Waals surface area contributed by atoms with Crippen molar-refractivity contribution in [2.45, 2.75) is 45.2 Å². The molecule has 29 heavy (non-hydrogen) atoms. The van der Waals surface area contributed by atoms with Crippen LogP contribution in [-0.2, 0) is 17.4 Å². The highest BCUT2D eigenvalue weighted by Gasteiger charge is 2.36. The van der Waals surface area contributed by atoms with Gasteiger partial charge in [0.2, 0.25) is 5.91 Å². The average molecular weight is 402 g/mol. The van der Waals surface area contributed by atoms with Crippen LogP contribution in [0.1, 0.15) is 54.9 Å². The fourth-order valence-corrected chi connectivity index (χ4v) is 3.79. The van der Waals surface area contributed by atoms with E-state index in [9.17, 15) is 18.0 Å². The summed E-state index contributed by atoms with van der Waals surface area (Å²) in [5.41, 5.74) is 2.13. The maximum atomic E-state index is 13.7. The van der Waals surface area contributed by atoms with Gasteiger partial charge >= 0.3 is 6.18 Å². The number of benzene rings is 2. The van der Waals surface area contributed by atoms with Gasteiger partial charge in [0.25, 0.3) is 0 Å². The number of rotatable bonds is 7. The van der Waals surface area contributed by atoms with Crippen LogP contribution in [0.3, 0.4) is 0 Å². The second-order valence-corrected chi connectivity index (χ2v) is 7.13. The number of H-pyrrole nitrogens is 1. The summed E-state index contributed by atoms with van der Waals surface area (Å²) >= 11 is 0. The van der Waals surface area contributed by atoms with Crippen LogP contribution in [0, 0.1) is 0 Å². The summed E-state index contributed by atoms with van der Waals surface area (Å²) in [5, 5.41) is 3.65. The summed E-state index contributed by atoms with van der Waals surface area (Å²) in [6, 6.07) is 11.3. The minimum absolute atomic E-state index is 0.0452. The van der Waals surface area contributed by atoms with Gasteiger partial charge in [-0.2, -0.15) is 13.2 Å². The lowest BCUT2D eigenvalue weighted by molar-refractivity contribution is -0.138. The van der Waals surface area contributed by atoms with Gasteiger partial charge in [-0.15, -0.1) is 0 Å².